The van der Waals surface area contributed by atoms with E-state index >= 15 is 0 Å². The molecule has 4 fully saturated rings. The Morgan fingerprint density at radius 2 is 1.62 bits per heavy atom. The van der Waals surface area contributed by atoms with Gasteiger partial charge in [0.2, 0.25) is 0 Å². The summed E-state index contributed by atoms with van der Waals surface area (Å²) in [6.45, 7) is 4.93. The van der Waals surface area contributed by atoms with Crippen LogP contribution in [0, 0.1) is 5.41 Å². The second-order valence-electron chi connectivity index (χ2n) is 8.15. The first-order valence-corrected chi connectivity index (χ1v) is 9.43. The fourth-order valence-electron chi connectivity index (χ4n) is 4.77. The van der Waals surface area contributed by atoms with Crippen LogP contribution in [0.4, 0.5) is 0 Å². The van der Waals surface area contributed by atoms with Crippen LogP contribution in [-0.4, -0.2) is 49.3 Å². The Bertz CT molecular complexity index is 339. The molecule has 0 amide bonds. The van der Waals surface area contributed by atoms with E-state index in [1.807, 2.05) is 0 Å². The van der Waals surface area contributed by atoms with Gasteiger partial charge in [-0.3, -0.25) is 0 Å². The normalized spacial score (nSPS) is 36.6. The van der Waals surface area contributed by atoms with Crippen LogP contribution in [0.2, 0.25) is 0 Å². The lowest BCUT2D eigenvalue weighted by atomic mass is 9.77. The second kappa shape index (κ2) is 6.17. The average Bonchev–Trinajstić information content (AvgIpc) is 3.05. The van der Waals surface area contributed by atoms with Crippen molar-refractivity contribution in [3.8, 4) is 0 Å². The van der Waals surface area contributed by atoms with E-state index < -0.39 is 0 Å². The number of piperidine rings is 1. The minimum atomic E-state index is 0.488. The molecule has 2 atom stereocenters. The van der Waals surface area contributed by atoms with Crippen molar-refractivity contribution in [1.82, 2.24) is 10.2 Å². The van der Waals surface area contributed by atoms with Gasteiger partial charge in [-0.2, -0.15) is 0 Å². The lowest BCUT2D eigenvalue weighted by Gasteiger charge is -2.40. The van der Waals surface area contributed by atoms with Crippen molar-refractivity contribution < 1.29 is 4.74 Å². The summed E-state index contributed by atoms with van der Waals surface area (Å²) in [5, 5.41) is 3.62. The quantitative estimate of drug-likeness (QED) is 0.843. The highest BCUT2D eigenvalue weighted by Gasteiger charge is 2.38. The molecule has 120 valence electrons. The summed E-state index contributed by atoms with van der Waals surface area (Å²) in [7, 11) is 0. The summed E-state index contributed by atoms with van der Waals surface area (Å²) < 4.78 is 6.26. The van der Waals surface area contributed by atoms with Crippen LogP contribution in [-0.2, 0) is 4.74 Å². The molecule has 2 saturated carbocycles. The molecule has 2 saturated heterocycles. The molecule has 21 heavy (non-hydrogen) atoms. The summed E-state index contributed by atoms with van der Waals surface area (Å²) >= 11 is 0. The molecule has 4 aliphatic rings. The minimum Gasteiger partial charge on any atom is -0.372 e. The van der Waals surface area contributed by atoms with Gasteiger partial charge in [0.1, 0.15) is 0 Å². The third-order valence-corrected chi connectivity index (χ3v) is 6.45. The highest BCUT2D eigenvalue weighted by molar-refractivity contribution is 4.91. The van der Waals surface area contributed by atoms with Gasteiger partial charge in [-0.1, -0.05) is 12.8 Å². The van der Waals surface area contributed by atoms with Gasteiger partial charge in [0.25, 0.3) is 0 Å². The van der Waals surface area contributed by atoms with Gasteiger partial charge in [0.15, 0.2) is 0 Å². The molecule has 2 aliphatic carbocycles. The van der Waals surface area contributed by atoms with Crippen molar-refractivity contribution in [1.29, 1.82) is 0 Å². The molecule has 0 aromatic heterocycles. The summed E-state index contributed by atoms with van der Waals surface area (Å²) in [5.41, 5.74) is 0.754. The predicted octanol–water partition coefficient (Wildman–Crippen LogP) is 2.94. The van der Waals surface area contributed by atoms with E-state index in [0.717, 1.165) is 18.0 Å². The van der Waals surface area contributed by atoms with E-state index in [0.29, 0.717) is 12.2 Å². The Labute approximate surface area is 129 Å². The molecule has 3 nitrogen and oxygen atoms in total. The van der Waals surface area contributed by atoms with Crippen molar-refractivity contribution in [2.24, 2.45) is 5.41 Å². The molecule has 2 unspecified atom stereocenters. The number of nitrogens with zero attached hydrogens (tertiary/aromatic N) is 1. The topological polar surface area (TPSA) is 24.5 Å². The van der Waals surface area contributed by atoms with Crippen LogP contribution in [0.3, 0.4) is 0 Å². The molecular formula is C18H32N2O. The molecule has 0 radical (unpaired) electrons. The molecule has 0 bridgehead atoms. The van der Waals surface area contributed by atoms with Crippen molar-refractivity contribution in [3.63, 3.8) is 0 Å². The zero-order valence-electron chi connectivity index (χ0n) is 13.5. The summed E-state index contributed by atoms with van der Waals surface area (Å²) in [5.74, 6) is 0. The largest absolute Gasteiger partial charge is 0.372 e. The van der Waals surface area contributed by atoms with Gasteiger partial charge in [-0.05, 0) is 69.9 Å². The molecular weight excluding hydrogens is 260 g/mol. The first-order valence-electron chi connectivity index (χ1n) is 9.43. The maximum absolute atomic E-state index is 6.26. The molecule has 1 N–H and O–H groups in total. The van der Waals surface area contributed by atoms with Crippen molar-refractivity contribution >= 4 is 0 Å². The molecule has 2 heterocycles. The third-order valence-electron chi connectivity index (χ3n) is 6.45. The van der Waals surface area contributed by atoms with Crippen molar-refractivity contribution in [3.05, 3.63) is 0 Å². The van der Waals surface area contributed by atoms with E-state index in [1.54, 1.807) is 0 Å². The first-order chi connectivity index (χ1) is 10.3. The van der Waals surface area contributed by atoms with E-state index in [2.05, 4.69) is 10.2 Å². The van der Waals surface area contributed by atoms with Crippen LogP contribution in [0.25, 0.3) is 0 Å². The smallest absolute Gasteiger partial charge is 0.0707 e. The van der Waals surface area contributed by atoms with Crippen LogP contribution in [0.1, 0.15) is 64.2 Å². The number of rotatable bonds is 5. The van der Waals surface area contributed by atoms with Crippen LogP contribution in [0.5, 0.6) is 0 Å². The number of hydrogen-bond donors (Lipinski definition) is 1. The van der Waals surface area contributed by atoms with Crippen molar-refractivity contribution in [2.75, 3.05) is 26.2 Å². The average molecular weight is 292 g/mol. The molecule has 4 rings (SSSR count). The van der Waals surface area contributed by atoms with Gasteiger partial charge in [-0.25, -0.2) is 0 Å². The Balaban J connectivity index is 1.17. The van der Waals surface area contributed by atoms with Gasteiger partial charge < -0.3 is 15.0 Å². The highest BCUT2D eigenvalue weighted by Crippen LogP contribution is 2.46. The Morgan fingerprint density at radius 3 is 2.33 bits per heavy atom. The number of ether oxygens (including phenoxy) is 1. The SMILES string of the molecule is C1CCC2(C1)CCN(CC1CCC(CNC3CC3)O1)CC2. The molecule has 3 heteroatoms. The number of hydrogen-bond acceptors (Lipinski definition) is 3. The van der Waals surface area contributed by atoms with Gasteiger partial charge in [-0.15, -0.1) is 0 Å². The predicted molar refractivity (Wildman–Crippen MR) is 85.5 cm³/mol. The zero-order valence-corrected chi connectivity index (χ0v) is 13.5. The van der Waals surface area contributed by atoms with E-state index in [-0.39, 0.29) is 0 Å². The van der Waals surface area contributed by atoms with E-state index in [4.69, 9.17) is 4.74 Å². The van der Waals surface area contributed by atoms with Crippen molar-refractivity contribution in [2.45, 2.75) is 82.5 Å². The maximum atomic E-state index is 6.26. The lowest BCUT2D eigenvalue weighted by Crippen LogP contribution is -2.42. The van der Waals surface area contributed by atoms with Crippen LogP contribution < -0.4 is 5.32 Å². The third kappa shape index (κ3) is 3.62. The van der Waals surface area contributed by atoms with Gasteiger partial charge >= 0.3 is 0 Å². The van der Waals surface area contributed by atoms with Gasteiger partial charge in [0.05, 0.1) is 12.2 Å². The Hall–Kier alpha value is -0.120. The molecule has 0 aromatic carbocycles. The number of likely N-dealkylation sites (tertiary alicyclic amines) is 1. The summed E-state index contributed by atoms with van der Waals surface area (Å²) in [4.78, 5) is 2.69. The Kier molecular flexibility index (Phi) is 4.25. The Morgan fingerprint density at radius 1 is 0.905 bits per heavy atom. The molecule has 0 aromatic rings. The summed E-state index contributed by atoms with van der Waals surface area (Å²) in [6.07, 6.45) is 15.2. The molecule has 1 spiro atoms. The van der Waals surface area contributed by atoms with E-state index in [1.165, 1.54) is 83.8 Å². The zero-order chi connectivity index (χ0) is 14.1. The molecule has 2 aliphatic heterocycles. The highest BCUT2D eigenvalue weighted by atomic mass is 16.5. The standard InChI is InChI=1S/C18H32N2O/c1-2-8-18(7-1)9-11-20(12-10-18)14-17-6-5-16(21-17)13-19-15-3-4-15/h15-17,19H,1-14H2. The maximum Gasteiger partial charge on any atom is 0.0707 e. The van der Waals surface area contributed by atoms with Gasteiger partial charge in [0, 0.05) is 19.1 Å². The first kappa shape index (κ1) is 14.5. The summed E-state index contributed by atoms with van der Waals surface area (Å²) in [6, 6.07) is 0.817. The van der Waals surface area contributed by atoms with E-state index in [9.17, 15) is 0 Å². The second-order valence-corrected chi connectivity index (χ2v) is 8.15. The fourth-order valence-corrected chi connectivity index (χ4v) is 4.77. The fraction of sp³-hybridized carbons (Fsp3) is 1.00. The number of nitrogens with one attached hydrogen (secondary N) is 1. The minimum absolute atomic E-state index is 0.488. The van der Waals surface area contributed by atoms with Crippen LogP contribution >= 0.6 is 0 Å². The lowest BCUT2D eigenvalue weighted by molar-refractivity contribution is 0.00822. The monoisotopic (exact) mass is 292 g/mol. The van der Waals surface area contributed by atoms with Crippen LogP contribution in [0.15, 0.2) is 0 Å².